The van der Waals surface area contributed by atoms with Gasteiger partial charge in [-0.1, -0.05) is 12.1 Å². The Morgan fingerprint density at radius 1 is 1.04 bits per heavy atom. The molecular formula is C17H17FN2O3. The number of methoxy groups -OCH3 is 1. The van der Waals surface area contributed by atoms with Crippen LogP contribution in [-0.2, 0) is 4.74 Å². The Hall–Kier alpha value is -2.73. The Morgan fingerprint density at radius 3 is 2.43 bits per heavy atom. The van der Waals surface area contributed by atoms with Gasteiger partial charge in [0.1, 0.15) is 5.82 Å². The lowest BCUT2D eigenvalue weighted by molar-refractivity contribution is 0.0937. The lowest BCUT2D eigenvalue weighted by atomic mass is 10.1. The number of rotatable bonds is 6. The highest BCUT2D eigenvalue weighted by atomic mass is 19.1. The highest BCUT2D eigenvalue weighted by molar-refractivity contribution is 6.06. The van der Waals surface area contributed by atoms with E-state index in [1.165, 1.54) is 24.3 Å². The molecule has 2 N–H and O–H groups in total. The third-order valence-electron chi connectivity index (χ3n) is 3.06. The molecule has 0 unspecified atom stereocenters. The summed E-state index contributed by atoms with van der Waals surface area (Å²) in [6.07, 6.45) is 0. The summed E-state index contributed by atoms with van der Waals surface area (Å²) in [4.78, 5) is 24.1. The molecule has 0 heterocycles. The van der Waals surface area contributed by atoms with Crippen LogP contribution in [0.5, 0.6) is 0 Å². The van der Waals surface area contributed by atoms with Crippen molar-refractivity contribution in [2.45, 2.75) is 0 Å². The van der Waals surface area contributed by atoms with Crippen LogP contribution >= 0.6 is 0 Å². The number of amides is 2. The second-order valence-electron chi connectivity index (χ2n) is 4.79. The van der Waals surface area contributed by atoms with Gasteiger partial charge in [-0.3, -0.25) is 9.59 Å². The first-order chi connectivity index (χ1) is 11.1. The van der Waals surface area contributed by atoms with Gasteiger partial charge in [-0.05, 0) is 36.4 Å². The van der Waals surface area contributed by atoms with Crippen molar-refractivity contribution < 1.29 is 18.7 Å². The normalized spacial score (nSPS) is 10.2. The smallest absolute Gasteiger partial charge is 0.255 e. The lowest BCUT2D eigenvalue weighted by Crippen LogP contribution is -2.27. The molecule has 2 rings (SSSR count). The molecule has 0 aliphatic heterocycles. The molecule has 0 spiro atoms. The van der Waals surface area contributed by atoms with Crippen LogP contribution in [0.1, 0.15) is 20.7 Å². The van der Waals surface area contributed by atoms with E-state index >= 15 is 0 Å². The molecule has 6 heteroatoms. The Morgan fingerprint density at radius 2 is 1.74 bits per heavy atom. The maximum Gasteiger partial charge on any atom is 0.255 e. The topological polar surface area (TPSA) is 67.4 Å². The van der Waals surface area contributed by atoms with Crippen LogP contribution in [0.15, 0.2) is 48.5 Å². The van der Waals surface area contributed by atoms with E-state index in [4.69, 9.17) is 4.74 Å². The zero-order valence-corrected chi connectivity index (χ0v) is 12.6. The fraction of sp³-hybridized carbons (Fsp3) is 0.176. The van der Waals surface area contributed by atoms with Crippen LogP contribution in [-0.4, -0.2) is 32.1 Å². The van der Waals surface area contributed by atoms with Crippen molar-refractivity contribution in [3.05, 3.63) is 65.5 Å². The third-order valence-corrected chi connectivity index (χ3v) is 3.06. The summed E-state index contributed by atoms with van der Waals surface area (Å²) >= 11 is 0. The van der Waals surface area contributed by atoms with Crippen molar-refractivity contribution in [2.24, 2.45) is 0 Å². The molecule has 2 aromatic rings. The fourth-order valence-electron chi connectivity index (χ4n) is 1.94. The van der Waals surface area contributed by atoms with Gasteiger partial charge >= 0.3 is 0 Å². The van der Waals surface area contributed by atoms with Crippen LogP contribution in [0.25, 0.3) is 0 Å². The number of carbonyl (C=O) groups excluding carboxylic acids is 2. The highest BCUT2D eigenvalue weighted by Crippen LogP contribution is 2.12. The molecule has 0 aliphatic carbocycles. The predicted molar refractivity (Wildman–Crippen MR) is 85.0 cm³/mol. The van der Waals surface area contributed by atoms with Gasteiger partial charge in [-0.2, -0.15) is 0 Å². The summed E-state index contributed by atoms with van der Waals surface area (Å²) in [5, 5.41) is 5.26. The molecule has 0 aromatic heterocycles. The van der Waals surface area contributed by atoms with E-state index in [0.717, 1.165) is 0 Å². The summed E-state index contributed by atoms with van der Waals surface area (Å²) in [5.41, 5.74) is 1.03. The van der Waals surface area contributed by atoms with Gasteiger partial charge in [0.05, 0.1) is 6.61 Å². The van der Waals surface area contributed by atoms with Crippen LogP contribution in [0, 0.1) is 5.82 Å². The molecule has 0 fully saturated rings. The second-order valence-corrected chi connectivity index (χ2v) is 4.79. The van der Waals surface area contributed by atoms with Crippen molar-refractivity contribution in [2.75, 3.05) is 25.6 Å². The number of anilines is 1. The Bertz CT molecular complexity index is 704. The number of hydrogen-bond acceptors (Lipinski definition) is 3. The van der Waals surface area contributed by atoms with Crippen molar-refractivity contribution >= 4 is 17.5 Å². The molecule has 0 atom stereocenters. The fourth-order valence-corrected chi connectivity index (χ4v) is 1.94. The average Bonchev–Trinajstić information content (AvgIpc) is 2.55. The molecule has 0 aliphatic rings. The molecule has 120 valence electrons. The minimum atomic E-state index is -0.436. The van der Waals surface area contributed by atoms with E-state index in [-0.39, 0.29) is 5.91 Å². The first-order valence-corrected chi connectivity index (χ1v) is 7.04. The molecule has 0 bridgehead atoms. The number of halogens is 1. The number of benzene rings is 2. The largest absolute Gasteiger partial charge is 0.383 e. The summed E-state index contributed by atoms with van der Waals surface area (Å²) in [5.74, 6) is -1.14. The van der Waals surface area contributed by atoms with Gasteiger partial charge in [0, 0.05) is 30.5 Å². The number of carbonyl (C=O) groups is 2. The first kappa shape index (κ1) is 16.6. The SMILES string of the molecule is COCCNC(=O)c1cccc(C(=O)Nc2cccc(F)c2)c1. The van der Waals surface area contributed by atoms with E-state index in [2.05, 4.69) is 10.6 Å². The maximum absolute atomic E-state index is 13.1. The number of ether oxygens (including phenoxy) is 1. The van der Waals surface area contributed by atoms with Crippen LogP contribution in [0.4, 0.5) is 10.1 Å². The Labute approximate surface area is 133 Å². The minimum Gasteiger partial charge on any atom is -0.383 e. The third kappa shape index (κ3) is 4.89. The molecule has 5 nitrogen and oxygen atoms in total. The van der Waals surface area contributed by atoms with Gasteiger partial charge in [0.2, 0.25) is 0 Å². The predicted octanol–water partition coefficient (Wildman–Crippen LogP) is 2.45. The quantitative estimate of drug-likeness (QED) is 0.805. The molecule has 2 aromatic carbocycles. The van der Waals surface area contributed by atoms with Crippen molar-refractivity contribution in [1.29, 1.82) is 0 Å². The molecule has 0 radical (unpaired) electrons. The van der Waals surface area contributed by atoms with Gasteiger partial charge in [-0.25, -0.2) is 4.39 Å². The Kier molecular flexibility index (Phi) is 5.82. The van der Waals surface area contributed by atoms with Crippen LogP contribution in [0.3, 0.4) is 0 Å². The molecule has 23 heavy (non-hydrogen) atoms. The number of hydrogen-bond donors (Lipinski definition) is 2. The monoisotopic (exact) mass is 316 g/mol. The van der Waals surface area contributed by atoms with E-state index in [9.17, 15) is 14.0 Å². The molecule has 2 amide bonds. The van der Waals surface area contributed by atoms with Crippen LogP contribution in [0.2, 0.25) is 0 Å². The molecule has 0 saturated carbocycles. The Balaban J connectivity index is 2.06. The van der Waals surface area contributed by atoms with E-state index in [0.29, 0.717) is 30.0 Å². The summed E-state index contributed by atoms with van der Waals surface area (Å²) in [6, 6.07) is 11.9. The van der Waals surface area contributed by atoms with E-state index in [1.807, 2.05) is 0 Å². The average molecular weight is 316 g/mol. The highest BCUT2D eigenvalue weighted by Gasteiger charge is 2.10. The summed E-state index contributed by atoms with van der Waals surface area (Å²) < 4.78 is 18.0. The molecule has 0 saturated heterocycles. The van der Waals surface area contributed by atoms with Crippen LogP contribution < -0.4 is 10.6 Å². The van der Waals surface area contributed by atoms with E-state index in [1.54, 1.807) is 31.4 Å². The molecular weight excluding hydrogens is 299 g/mol. The zero-order chi connectivity index (χ0) is 16.7. The van der Waals surface area contributed by atoms with Crippen molar-refractivity contribution in [3.63, 3.8) is 0 Å². The maximum atomic E-state index is 13.1. The van der Waals surface area contributed by atoms with Gasteiger partial charge < -0.3 is 15.4 Å². The summed E-state index contributed by atoms with van der Waals surface area (Å²) in [7, 11) is 1.55. The minimum absolute atomic E-state index is 0.289. The zero-order valence-electron chi connectivity index (χ0n) is 12.6. The first-order valence-electron chi connectivity index (χ1n) is 7.04. The summed E-state index contributed by atoms with van der Waals surface area (Å²) in [6.45, 7) is 0.792. The van der Waals surface area contributed by atoms with Gasteiger partial charge in [0.25, 0.3) is 11.8 Å². The standard InChI is InChI=1S/C17H17FN2O3/c1-23-9-8-19-16(21)12-4-2-5-13(10-12)17(22)20-15-7-3-6-14(18)11-15/h2-7,10-11H,8-9H2,1H3,(H,19,21)(H,20,22). The lowest BCUT2D eigenvalue weighted by Gasteiger charge is -2.08. The second kappa shape index (κ2) is 8.05. The van der Waals surface area contributed by atoms with Crippen molar-refractivity contribution in [3.8, 4) is 0 Å². The number of nitrogens with one attached hydrogen (secondary N) is 2. The van der Waals surface area contributed by atoms with Gasteiger partial charge in [-0.15, -0.1) is 0 Å². The van der Waals surface area contributed by atoms with Gasteiger partial charge in [0.15, 0.2) is 0 Å². The van der Waals surface area contributed by atoms with E-state index < -0.39 is 11.7 Å². The van der Waals surface area contributed by atoms with Crippen molar-refractivity contribution in [1.82, 2.24) is 5.32 Å².